The molecule has 2 heterocycles. The SMILES string of the molecule is COc1ccc2c(c1)CCc1c-2[nH]c(Cc2ccccc2)c2nc(Cc3ccc(O)cc3)c(=O)n1-2. The molecule has 0 unspecified atom stereocenters. The number of nitrogens with zero attached hydrogens (tertiary/aromatic N) is 2. The fourth-order valence-corrected chi connectivity index (χ4v) is 5.00. The molecule has 174 valence electrons. The van der Waals surface area contributed by atoms with Gasteiger partial charge in [0, 0.05) is 18.4 Å². The van der Waals surface area contributed by atoms with Gasteiger partial charge in [-0.25, -0.2) is 4.98 Å². The molecule has 35 heavy (non-hydrogen) atoms. The number of H-pyrrole nitrogens is 1. The van der Waals surface area contributed by atoms with Crippen molar-refractivity contribution in [3.8, 4) is 28.6 Å². The van der Waals surface area contributed by atoms with Gasteiger partial charge in [0.15, 0.2) is 5.82 Å². The summed E-state index contributed by atoms with van der Waals surface area (Å²) in [4.78, 5) is 22.2. The van der Waals surface area contributed by atoms with Gasteiger partial charge >= 0.3 is 0 Å². The quantitative estimate of drug-likeness (QED) is 0.397. The molecule has 6 heteroatoms. The molecule has 6 rings (SSSR count). The van der Waals surface area contributed by atoms with E-state index in [1.807, 2.05) is 41.0 Å². The van der Waals surface area contributed by atoms with Gasteiger partial charge < -0.3 is 14.8 Å². The predicted octanol–water partition coefficient (Wildman–Crippen LogP) is 4.66. The monoisotopic (exact) mass is 463 g/mol. The van der Waals surface area contributed by atoms with Gasteiger partial charge in [-0.1, -0.05) is 42.5 Å². The predicted molar refractivity (Wildman–Crippen MR) is 135 cm³/mol. The summed E-state index contributed by atoms with van der Waals surface area (Å²) in [5.74, 6) is 1.72. The Bertz CT molecular complexity index is 1550. The molecular formula is C29H25N3O3. The fourth-order valence-electron chi connectivity index (χ4n) is 5.00. The summed E-state index contributed by atoms with van der Waals surface area (Å²) in [6, 6.07) is 23.3. The molecule has 3 aromatic rings. The van der Waals surface area contributed by atoms with Crippen LogP contribution in [0.2, 0.25) is 0 Å². The first kappa shape index (κ1) is 21.2. The molecule has 0 saturated heterocycles. The molecule has 0 atom stereocenters. The van der Waals surface area contributed by atoms with Crippen molar-refractivity contribution in [3.05, 3.63) is 117 Å². The number of phenolic OH excluding ortho intramolecular Hbond substituents is 1. The minimum Gasteiger partial charge on any atom is -0.508 e. The van der Waals surface area contributed by atoms with Crippen LogP contribution >= 0.6 is 0 Å². The molecule has 0 bridgehead atoms. The van der Waals surface area contributed by atoms with E-state index < -0.39 is 0 Å². The van der Waals surface area contributed by atoms with Gasteiger partial charge in [-0.2, -0.15) is 0 Å². The van der Waals surface area contributed by atoms with Crippen molar-refractivity contribution in [2.24, 2.45) is 0 Å². The second-order valence-electron chi connectivity index (χ2n) is 8.98. The van der Waals surface area contributed by atoms with E-state index in [9.17, 15) is 9.90 Å². The summed E-state index contributed by atoms with van der Waals surface area (Å²) in [6.07, 6.45) is 2.61. The number of imidazole rings is 1. The van der Waals surface area contributed by atoms with Crippen LogP contribution in [-0.4, -0.2) is 26.8 Å². The van der Waals surface area contributed by atoms with E-state index in [4.69, 9.17) is 9.72 Å². The second-order valence-corrected chi connectivity index (χ2v) is 8.98. The molecule has 2 aliphatic heterocycles. The molecule has 3 aliphatic rings. The lowest BCUT2D eigenvalue weighted by molar-refractivity contribution is 0.414. The summed E-state index contributed by atoms with van der Waals surface area (Å²) in [7, 11) is 1.68. The highest BCUT2D eigenvalue weighted by Gasteiger charge is 2.28. The van der Waals surface area contributed by atoms with E-state index in [-0.39, 0.29) is 11.3 Å². The minimum absolute atomic E-state index is 0.0791. The van der Waals surface area contributed by atoms with Crippen LogP contribution in [0, 0.1) is 0 Å². The number of rotatable bonds is 5. The van der Waals surface area contributed by atoms with Crippen LogP contribution in [0.4, 0.5) is 0 Å². The van der Waals surface area contributed by atoms with Gasteiger partial charge in [-0.15, -0.1) is 0 Å². The van der Waals surface area contributed by atoms with Gasteiger partial charge in [0.05, 0.1) is 24.2 Å². The Kier molecular flexibility index (Phi) is 5.14. The molecule has 0 spiro atoms. The van der Waals surface area contributed by atoms with Gasteiger partial charge in [-0.05, 0) is 59.9 Å². The van der Waals surface area contributed by atoms with Crippen molar-refractivity contribution in [3.63, 3.8) is 0 Å². The number of phenols is 1. The van der Waals surface area contributed by atoms with Crippen LogP contribution in [0.3, 0.4) is 0 Å². The maximum absolute atomic E-state index is 13.7. The highest BCUT2D eigenvalue weighted by atomic mass is 16.5. The molecule has 0 radical (unpaired) electrons. The molecule has 2 N–H and O–H groups in total. The smallest absolute Gasteiger partial charge is 0.278 e. The third-order valence-electron chi connectivity index (χ3n) is 6.75. The highest BCUT2D eigenvalue weighted by Crippen LogP contribution is 2.36. The number of fused-ring (bicyclic) bond motifs is 5. The largest absolute Gasteiger partial charge is 0.508 e. The Hall–Kier alpha value is -4.32. The summed E-state index contributed by atoms with van der Waals surface area (Å²) in [5.41, 5.74) is 7.65. The molecule has 0 aromatic heterocycles. The van der Waals surface area contributed by atoms with Crippen LogP contribution in [0.15, 0.2) is 77.6 Å². The lowest BCUT2D eigenvalue weighted by Crippen LogP contribution is -2.25. The normalized spacial score (nSPS) is 12.4. The Morgan fingerprint density at radius 2 is 1.74 bits per heavy atom. The maximum atomic E-state index is 13.7. The summed E-state index contributed by atoms with van der Waals surface area (Å²) in [6.45, 7) is 0. The molecule has 0 amide bonds. The number of aromatic amines is 1. The van der Waals surface area contributed by atoms with Crippen LogP contribution in [0.5, 0.6) is 11.5 Å². The number of nitrogens with one attached hydrogen (secondary N) is 1. The Morgan fingerprint density at radius 3 is 2.51 bits per heavy atom. The minimum atomic E-state index is -0.0791. The topological polar surface area (TPSA) is 80.1 Å². The zero-order chi connectivity index (χ0) is 23.9. The molecule has 1 aliphatic carbocycles. The molecule has 6 nitrogen and oxygen atoms in total. The summed E-state index contributed by atoms with van der Waals surface area (Å²) >= 11 is 0. The third-order valence-corrected chi connectivity index (χ3v) is 6.75. The van der Waals surface area contributed by atoms with E-state index in [1.165, 1.54) is 5.56 Å². The average molecular weight is 464 g/mol. The van der Waals surface area contributed by atoms with E-state index >= 15 is 0 Å². The number of ether oxygens (including phenoxy) is 1. The summed E-state index contributed by atoms with van der Waals surface area (Å²) < 4.78 is 7.25. The van der Waals surface area contributed by atoms with Gasteiger partial charge in [0.25, 0.3) is 5.56 Å². The van der Waals surface area contributed by atoms with Crippen molar-refractivity contribution in [2.75, 3.05) is 7.11 Å². The van der Waals surface area contributed by atoms with Crippen LogP contribution < -0.4 is 10.3 Å². The van der Waals surface area contributed by atoms with Crippen molar-refractivity contribution < 1.29 is 9.84 Å². The van der Waals surface area contributed by atoms with Gasteiger partial charge in [0.1, 0.15) is 17.2 Å². The first-order valence-corrected chi connectivity index (χ1v) is 11.7. The zero-order valence-electron chi connectivity index (χ0n) is 19.4. The first-order valence-electron chi connectivity index (χ1n) is 11.7. The lowest BCUT2D eigenvalue weighted by Gasteiger charge is -2.25. The third kappa shape index (κ3) is 3.77. The Morgan fingerprint density at radius 1 is 0.971 bits per heavy atom. The van der Waals surface area contributed by atoms with Gasteiger partial charge in [-0.3, -0.25) is 9.36 Å². The van der Waals surface area contributed by atoms with Crippen molar-refractivity contribution >= 4 is 0 Å². The van der Waals surface area contributed by atoms with E-state index in [0.29, 0.717) is 24.4 Å². The molecule has 0 saturated carbocycles. The molecule has 0 fully saturated rings. The van der Waals surface area contributed by atoms with Crippen LogP contribution in [-0.2, 0) is 25.7 Å². The molecule has 3 aromatic carbocycles. The van der Waals surface area contributed by atoms with Crippen molar-refractivity contribution in [1.29, 1.82) is 0 Å². The lowest BCUT2D eigenvalue weighted by atomic mass is 9.91. The van der Waals surface area contributed by atoms with Crippen LogP contribution in [0.25, 0.3) is 17.1 Å². The number of aromatic hydroxyl groups is 1. The highest BCUT2D eigenvalue weighted by molar-refractivity contribution is 5.71. The average Bonchev–Trinajstić information content (AvgIpc) is 3.22. The Labute approximate surface area is 202 Å². The number of hydrogen-bond donors (Lipinski definition) is 2. The Balaban J connectivity index is 1.54. The van der Waals surface area contributed by atoms with Crippen molar-refractivity contribution in [1.82, 2.24) is 14.5 Å². The number of aryl methyl sites for hydroxylation is 1. The van der Waals surface area contributed by atoms with Gasteiger partial charge in [0.2, 0.25) is 0 Å². The van der Waals surface area contributed by atoms with E-state index in [1.54, 1.807) is 19.2 Å². The maximum Gasteiger partial charge on any atom is 0.278 e. The fraction of sp³-hybridized carbons (Fsp3) is 0.172. The summed E-state index contributed by atoms with van der Waals surface area (Å²) in [5, 5.41) is 9.62. The first-order chi connectivity index (χ1) is 17.1. The van der Waals surface area contributed by atoms with Crippen LogP contribution in [0.1, 0.15) is 33.8 Å². The second kappa shape index (κ2) is 8.47. The van der Waals surface area contributed by atoms with E-state index in [2.05, 4.69) is 29.2 Å². The standard InChI is InChI=1S/C29H25N3O3/c1-35-22-12-13-23-20(17-22)9-14-26-27(23)30-24(15-18-5-3-2-4-6-18)28-31-25(29(34)32(26)28)16-19-7-10-21(33)11-8-19/h2-8,10-13,17,30,33H,9,14-16H2,1H3. The number of hydrogen-bond acceptors (Lipinski definition) is 4. The number of methoxy groups -OCH3 is 1. The molecular weight excluding hydrogens is 438 g/mol. The number of benzene rings is 3. The number of aromatic nitrogens is 3. The zero-order valence-corrected chi connectivity index (χ0v) is 19.4. The van der Waals surface area contributed by atoms with Crippen molar-refractivity contribution in [2.45, 2.75) is 25.7 Å². The van der Waals surface area contributed by atoms with E-state index in [0.717, 1.165) is 52.4 Å².